The van der Waals surface area contributed by atoms with E-state index in [0.717, 1.165) is 39.1 Å². The molecule has 0 unspecified atom stereocenters. The van der Waals surface area contributed by atoms with Crippen molar-refractivity contribution in [2.75, 3.05) is 49.1 Å². The van der Waals surface area contributed by atoms with Gasteiger partial charge in [0.15, 0.2) is 0 Å². The van der Waals surface area contributed by atoms with Gasteiger partial charge >= 0.3 is 0 Å². The van der Waals surface area contributed by atoms with Gasteiger partial charge in [-0.15, -0.1) is 0 Å². The number of piperazine rings is 1. The zero-order chi connectivity index (χ0) is 16.4. The van der Waals surface area contributed by atoms with Crippen LogP contribution in [0.2, 0.25) is 0 Å². The van der Waals surface area contributed by atoms with Gasteiger partial charge in [-0.25, -0.2) is 0 Å². The number of anilines is 2. The predicted molar refractivity (Wildman–Crippen MR) is 98.7 cm³/mol. The minimum atomic E-state index is 0.969. The van der Waals surface area contributed by atoms with Gasteiger partial charge in [0.2, 0.25) is 0 Å². The minimum absolute atomic E-state index is 0.969. The number of nitrogens with one attached hydrogen (secondary N) is 1. The molecule has 2 aliphatic heterocycles. The van der Waals surface area contributed by atoms with Crippen molar-refractivity contribution in [1.29, 1.82) is 0 Å². The molecule has 0 saturated carbocycles. The van der Waals surface area contributed by atoms with E-state index in [4.69, 9.17) is 0 Å². The van der Waals surface area contributed by atoms with Crippen molar-refractivity contribution in [3.05, 3.63) is 41.7 Å². The van der Waals surface area contributed by atoms with Crippen molar-refractivity contribution < 1.29 is 0 Å². The fourth-order valence-corrected chi connectivity index (χ4v) is 3.96. The summed E-state index contributed by atoms with van der Waals surface area (Å²) in [7, 11) is 0. The van der Waals surface area contributed by atoms with Crippen LogP contribution in [0.3, 0.4) is 0 Å². The zero-order valence-electron chi connectivity index (χ0n) is 14.5. The van der Waals surface area contributed by atoms with Gasteiger partial charge < -0.3 is 14.7 Å². The van der Waals surface area contributed by atoms with Gasteiger partial charge in [-0.3, -0.25) is 5.10 Å². The lowest BCUT2D eigenvalue weighted by molar-refractivity contribution is 0.271. The highest BCUT2D eigenvalue weighted by atomic mass is 15.3. The Morgan fingerprint density at radius 2 is 1.88 bits per heavy atom. The summed E-state index contributed by atoms with van der Waals surface area (Å²) in [6.45, 7) is 10.1. The van der Waals surface area contributed by atoms with Crippen molar-refractivity contribution in [3.8, 4) is 0 Å². The Morgan fingerprint density at radius 1 is 1.04 bits per heavy atom. The second-order valence-corrected chi connectivity index (χ2v) is 6.81. The number of para-hydroxylation sites is 1. The van der Waals surface area contributed by atoms with E-state index >= 15 is 0 Å². The third-order valence-corrected chi connectivity index (χ3v) is 5.40. The number of H-pyrrole nitrogens is 1. The first kappa shape index (κ1) is 15.5. The van der Waals surface area contributed by atoms with Crippen LogP contribution in [0.15, 0.2) is 30.5 Å². The van der Waals surface area contributed by atoms with Crippen LogP contribution in [0.5, 0.6) is 0 Å². The van der Waals surface area contributed by atoms with E-state index in [-0.39, 0.29) is 0 Å². The standard InChI is InChI=1S/C19H27N5/c1-2-22-10-12-23(13-11-22)18-8-4-3-6-16(18)15-24-9-5-7-17-19(24)14-20-21-17/h3-4,6,8,14H,2,5,7,9-13,15H2,1H3,(H,20,21). The SMILES string of the molecule is CCN1CCN(c2ccccc2CN2CCCc3[nH]ncc32)CC1. The van der Waals surface area contributed by atoms with Crippen LogP contribution in [0.1, 0.15) is 24.6 Å². The van der Waals surface area contributed by atoms with E-state index in [1.807, 2.05) is 6.20 Å². The van der Waals surface area contributed by atoms with E-state index in [1.54, 1.807) is 0 Å². The van der Waals surface area contributed by atoms with E-state index in [9.17, 15) is 0 Å². The van der Waals surface area contributed by atoms with Crippen LogP contribution in [0.25, 0.3) is 0 Å². The lowest BCUT2D eigenvalue weighted by Gasteiger charge is -2.37. The number of aryl methyl sites for hydroxylation is 1. The summed E-state index contributed by atoms with van der Waals surface area (Å²) in [5.41, 5.74) is 5.41. The average Bonchev–Trinajstić information content (AvgIpc) is 3.12. The highest BCUT2D eigenvalue weighted by Crippen LogP contribution is 2.29. The molecule has 128 valence electrons. The van der Waals surface area contributed by atoms with Crippen LogP contribution in [-0.4, -0.2) is 54.4 Å². The van der Waals surface area contributed by atoms with E-state index in [2.05, 4.69) is 56.1 Å². The summed E-state index contributed by atoms with van der Waals surface area (Å²) < 4.78 is 0. The first-order chi connectivity index (χ1) is 11.8. The average molecular weight is 325 g/mol. The Morgan fingerprint density at radius 3 is 2.71 bits per heavy atom. The van der Waals surface area contributed by atoms with Crippen LogP contribution in [0.4, 0.5) is 11.4 Å². The number of nitrogens with zero attached hydrogens (tertiary/aromatic N) is 4. The van der Waals surface area contributed by atoms with E-state index in [0.29, 0.717) is 0 Å². The van der Waals surface area contributed by atoms with Crippen molar-refractivity contribution in [2.45, 2.75) is 26.3 Å². The Labute approximate surface area is 144 Å². The smallest absolute Gasteiger partial charge is 0.0785 e. The quantitative estimate of drug-likeness (QED) is 0.937. The van der Waals surface area contributed by atoms with Gasteiger partial charge in [0, 0.05) is 45.0 Å². The molecule has 0 aliphatic carbocycles. The number of aromatic nitrogens is 2. The molecule has 2 aromatic rings. The molecule has 5 nitrogen and oxygen atoms in total. The predicted octanol–water partition coefficient (Wildman–Crippen LogP) is 2.50. The maximum absolute atomic E-state index is 4.24. The zero-order valence-corrected chi connectivity index (χ0v) is 14.5. The molecular formula is C19H27N5. The van der Waals surface area contributed by atoms with Crippen LogP contribution in [0, 0.1) is 0 Å². The molecular weight excluding hydrogens is 298 g/mol. The number of aromatic amines is 1. The van der Waals surface area contributed by atoms with Gasteiger partial charge in [0.1, 0.15) is 0 Å². The lowest BCUT2D eigenvalue weighted by Crippen LogP contribution is -2.46. The second kappa shape index (κ2) is 6.85. The Balaban J connectivity index is 1.53. The Kier molecular flexibility index (Phi) is 4.43. The van der Waals surface area contributed by atoms with Gasteiger partial charge in [-0.05, 0) is 31.0 Å². The molecule has 1 fully saturated rings. The number of likely N-dealkylation sites (N-methyl/N-ethyl adjacent to an activating group) is 1. The number of rotatable bonds is 4. The summed E-state index contributed by atoms with van der Waals surface area (Å²) in [6, 6.07) is 8.92. The molecule has 0 amide bonds. The lowest BCUT2D eigenvalue weighted by atomic mass is 10.1. The topological polar surface area (TPSA) is 38.4 Å². The summed E-state index contributed by atoms with van der Waals surface area (Å²) in [6.07, 6.45) is 4.30. The molecule has 1 saturated heterocycles. The van der Waals surface area contributed by atoms with Crippen LogP contribution < -0.4 is 9.80 Å². The largest absolute Gasteiger partial charge is 0.369 e. The first-order valence-corrected chi connectivity index (χ1v) is 9.17. The van der Waals surface area contributed by atoms with Gasteiger partial charge in [0.25, 0.3) is 0 Å². The summed E-state index contributed by atoms with van der Waals surface area (Å²) in [4.78, 5) is 7.56. The molecule has 0 atom stereocenters. The fraction of sp³-hybridized carbons (Fsp3) is 0.526. The molecule has 1 aromatic heterocycles. The van der Waals surface area contributed by atoms with Crippen molar-refractivity contribution in [2.24, 2.45) is 0 Å². The number of benzene rings is 1. The highest BCUT2D eigenvalue weighted by Gasteiger charge is 2.22. The van der Waals surface area contributed by atoms with Crippen molar-refractivity contribution in [1.82, 2.24) is 15.1 Å². The number of hydrogen-bond acceptors (Lipinski definition) is 4. The normalized spacial score (nSPS) is 18.7. The highest BCUT2D eigenvalue weighted by molar-refractivity contribution is 5.58. The minimum Gasteiger partial charge on any atom is -0.369 e. The molecule has 2 aliphatic rings. The Bertz CT molecular complexity index is 672. The maximum Gasteiger partial charge on any atom is 0.0785 e. The van der Waals surface area contributed by atoms with Gasteiger partial charge in [-0.2, -0.15) is 5.10 Å². The first-order valence-electron chi connectivity index (χ1n) is 9.17. The number of fused-ring (bicyclic) bond motifs is 1. The molecule has 4 rings (SSSR count). The van der Waals surface area contributed by atoms with Crippen molar-refractivity contribution in [3.63, 3.8) is 0 Å². The molecule has 0 spiro atoms. The molecule has 0 radical (unpaired) electrons. The molecule has 1 N–H and O–H groups in total. The molecule has 1 aromatic carbocycles. The molecule has 0 bridgehead atoms. The summed E-state index contributed by atoms with van der Waals surface area (Å²) in [5, 5.41) is 7.40. The van der Waals surface area contributed by atoms with Crippen molar-refractivity contribution >= 4 is 11.4 Å². The van der Waals surface area contributed by atoms with Gasteiger partial charge in [0.05, 0.1) is 17.6 Å². The summed E-state index contributed by atoms with van der Waals surface area (Å²) >= 11 is 0. The van der Waals surface area contributed by atoms with Crippen LogP contribution >= 0.6 is 0 Å². The Hall–Kier alpha value is -2.01. The summed E-state index contributed by atoms with van der Waals surface area (Å²) in [5.74, 6) is 0. The molecule has 3 heterocycles. The third kappa shape index (κ3) is 3.00. The monoisotopic (exact) mass is 325 g/mol. The maximum atomic E-state index is 4.24. The fourth-order valence-electron chi connectivity index (χ4n) is 3.96. The third-order valence-electron chi connectivity index (χ3n) is 5.40. The van der Waals surface area contributed by atoms with Crippen LogP contribution in [-0.2, 0) is 13.0 Å². The van der Waals surface area contributed by atoms with E-state index < -0.39 is 0 Å². The molecule has 24 heavy (non-hydrogen) atoms. The second-order valence-electron chi connectivity index (χ2n) is 6.81. The van der Waals surface area contributed by atoms with E-state index in [1.165, 1.54) is 42.1 Å². The number of hydrogen-bond donors (Lipinski definition) is 1. The van der Waals surface area contributed by atoms with Gasteiger partial charge in [-0.1, -0.05) is 25.1 Å². The molecule has 5 heteroatoms.